The van der Waals surface area contributed by atoms with E-state index in [1.807, 2.05) is 31.2 Å². The van der Waals surface area contributed by atoms with Gasteiger partial charge in [0.05, 0.1) is 17.5 Å². The van der Waals surface area contributed by atoms with Gasteiger partial charge in [0.15, 0.2) is 34.7 Å². The fourth-order valence-electron chi connectivity index (χ4n) is 6.94. The van der Waals surface area contributed by atoms with Crippen molar-refractivity contribution in [2.75, 3.05) is 14.1 Å². The van der Waals surface area contributed by atoms with Crippen molar-refractivity contribution >= 4 is 29.0 Å². The standard InChI is InChI=1S/C30H32N2O7/c1-14-4-6-15(7-5-14)8-9-16-10-11-20(33)22-18(16)12-17-13-19-24(32(2)3)26(35)23(29(31)38)28(37)30(19,39)27(36)21(17)25(22)34/h4-7,10-11,17,19,21,23-24,33,39H,8-9,12-13H2,1-3H3,(H2,31,38)/t17?,19?,21?,23?,24-,30-/m0/s1. The summed E-state index contributed by atoms with van der Waals surface area (Å²) < 4.78 is 0. The highest BCUT2D eigenvalue weighted by Crippen LogP contribution is 2.51. The number of likely N-dealkylation sites (N-methyl/N-ethyl adjacent to an activating group) is 1. The topological polar surface area (TPSA) is 155 Å². The average molecular weight is 533 g/mol. The van der Waals surface area contributed by atoms with E-state index in [9.17, 15) is 34.2 Å². The highest BCUT2D eigenvalue weighted by molar-refractivity contribution is 6.32. The fourth-order valence-corrected chi connectivity index (χ4v) is 6.94. The van der Waals surface area contributed by atoms with Crippen molar-refractivity contribution in [2.45, 2.75) is 44.2 Å². The summed E-state index contributed by atoms with van der Waals surface area (Å²) in [4.78, 5) is 67.7. The van der Waals surface area contributed by atoms with Gasteiger partial charge in [-0.1, -0.05) is 35.9 Å². The summed E-state index contributed by atoms with van der Waals surface area (Å²) in [5.74, 6) is -10.3. The monoisotopic (exact) mass is 532 g/mol. The number of hydrogen-bond acceptors (Lipinski definition) is 8. The van der Waals surface area contributed by atoms with E-state index in [-0.39, 0.29) is 24.2 Å². The third-order valence-corrected chi connectivity index (χ3v) is 8.85. The minimum atomic E-state index is -2.71. The lowest BCUT2D eigenvalue weighted by atomic mass is 9.52. The molecule has 1 amide bonds. The predicted octanol–water partition coefficient (Wildman–Crippen LogP) is 0.961. The summed E-state index contributed by atoms with van der Waals surface area (Å²) in [5, 5.41) is 22.3. The molecule has 204 valence electrons. The number of Topliss-reactive ketones (excluding diaryl/α,β-unsaturated/α-hetero) is 4. The molecule has 5 rings (SSSR count). The number of ketones is 4. The third kappa shape index (κ3) is 4.03. The molecular formula is C30H32N2O7. The van der Waals surface area contributed by atoms with Crippen molar-refractivity contribution in [1.82, 2.24) is 4.90 Å². The second-order valence-electron chi connectivity index (χ2n) is 11.4. The lowest BCUT2D eigenvalue weighted by molar-refractivity contribution is -0.181. The SMILES string of the molecule is Cc1ccc(CCc2ccc(O)c3c2CC2CC4[C@H](N(C)C)C(=O)C(C(N)=O)C(=O)[C@@]4(O)C(=O)C2C3=O)cc1. The van der Waals surface area contributed by atoms with E-state index in [1.54, 1.807) is 20.2 Å². The molecule has 9 heteroatoms. The zero-order chi connectivity index (χ0) is 28.4. The summed E-state index contributed by atoms with van der Waals surface area (Å²) >= 11 is 0. The first-order chi connectivity index (χ1) is 18.4. The largest absolute Gasteiger partial charge is 0.507 e. The minimum Gasteiger partial charge on any atom is -0.507 e. The Morgan fingerprint density at radius 2 is 1.69 bits per heavy atom. The molecule has 0 bridgehead atoms. The minimum absolute atomic E-state index is 0.0306. The molecule has 4 unspecified atom stereocenters. The molecule has 9 nitrogen and oxygen atoms in total. The number of carbonyl (C=O) groups excluding carboxylic acids is 5. The van der Waals surface area contributed by atoms with Crippen molar-refractivity contribution in [2.24, 2.45) is 29.4 Å². The van der Waals surface area contributed by atoms with Crippen molar-refractivity contribution < 1.29 is 34.2 Å². The molecule has 2 saturated carbocycles. The Morgan fingerprint density at radius 1 is 1.03 bits per heavy atom. The molecular weight excluding hydrogens is 500 g/mol. The van der Waals surface area contributed by atoms with Crippen LogP contribution in [0.4, 0.5) is 0 Å². The number of phenolic OH excluding ortho intramolecular Hbond substituents is 1. The van der Waals surface area contributed by atoms with E-state index in [1.165, 1.54) is 11.0 Å². The number of benzene rings is 2. The molecule has 0 saturated heterocycles. The van der Waals surface area contributed by atoms with Gasteiger partial charge in [-0.05, 0) is 75.4 Å². The Bertz CT molecular complexity index is 1410. The van der Waals surface area contributed by atoms with Crippen molar-refractivity contribution in [3.8, 4) is 5.75 Å². The zero-order valence-electron chi connectivity index (χ0n) is 22.1. The Balaban J connectivity index is 1.55. The van der Waals surface area contributed by atoms with Crippen LogP contribution in [0.1, 0.15) is 39.0 Å². The van der Waals surface area contributed by atoms with Crippen LogP contribution in [0.25, 0.3) is 0 Å². The number of primary amides is 1. The highest BCUT2D eigenvalue weighted by Gasteiger charge is 2.69. The molecule has 0 spiro atoms. The number of nitrogens with two attached hydrogens (primary N) is 1. The molecule has 39 heavy (non-hydrogen) atoms. The summed E-state index contributed by atoms with van der Waals surface area (Å²) in [5.41, 5.74) is 6.46. The van der Waals surface area contributed by atoms with Gasteiger partial charge in [-0.3, -0.25) is 28.9 Å². The highest BCUT2D eigenvalue weighted by atomic mass is 16.3. The van der Waals surface area contributed by atoms with Crippen LogP contribution in [0.5, 0.6) is 5.75 Å². The lowest BCUT2D eigenvalue weighted by Crippen LogP contribution is -2.74. The van der Waals surface area contributed by atoms with Crippen LogP contribution in [0, 0.1) is 30.6 Å². The van der Waals surface area contributed by atoms with Crippen molar-refractivity contribution in [3.63, 3.8) is 0 Å². The summed E-state index contributed by atoms with van der Waals surface area (Å²) in [6.07, 6.45) is 1.62. The molecule has 4 N–H and O–H groups in total. The molecule has 3 aliphatic rings. The Hall–Kier alpha value is -3.69. The number of aromatic hydroxyl groups is 1. The number of aliphatic hydroxyl groups is 1. The van der Waals surface area contributed by atoms with Gasteiger partial charge in [0.25, 0.3) is 0 Å². The van der Waals surface area contributed by atoms with Gasteiger partial charge < -0.3 is 15.9 Å². The van der Waals surface area contributed by atoms with E-state index < -0.39 is 64.4 Å². The van der Waals surface area contributed by atoms with Crippen LogP contribution in [-0.4, -0.2) is 69.9 Å². The molecule has 0 aromatic heterocycles. The summed E-state index contributed by atoms with van der Waals surface area (Å²) in [7, 11) is 3.13. The third-order valence-electron chi connectivity index (χ3n) is 8.85. The number of fused-ring (bicyclic) bond motifs is 3. The maximum atomic E-state index is 13.9. The number of phenols is 1. The van der Waals surface area contributed by atoms with E-state index in [0.29, 0.717) is 18.4 Å². The van der Waals surface area contributed by atoms with Gasteiger partial charge in [-0.25, -0.2) is 0 Å². The van der Waals surface area contributed by atoms with E-state index in [0.717, 1.165) is 16.7 Å². The predicted molar refractivity (Wildman–Crippen MR) is 140 cm³/mol. The molecule has 2 aromatic carbocycles. The van der Waals surface area contributed by atoms with Gasteiger partial charge in [0.2, 0.25) is 5.91 Å². The van der Waals surface area contributed by atoms with Gasteiger partial charge in [-0.2, -0.15) is 0 Å². The van der Waals surface area contributed by atoms with Crippen molar-refractivity contribution in [3.05, 3.63) is 64.2 Å². The molecule has 6 atom stereocenters. The van der Waals surface area contributed by atoms with Crippen LogP contribution in [0.3, 0.4) is 0 Å². The second-order valence-corrected chi connectivity index (χ2v) is 11.4. The lowest BCUT2D eigenvalue weighted by Gasteiger charge is -2.52. The Kier molecular flexibility index (Phi) is 6.55. The maximum absolute atomic E-state index is 13.9. The number of rotatable bonds is 5. The Labute approximate surface area is 226 Å². The molecule has 2 fully saturated rings. The van der Waals surface area contributed by atoms with E-state index >= 15 is 0 Å². The van der Waals surface area contributed by atoms with Crippen LogP contribution >= 0.6 is 0 Å². The second kappa shape index (κ2) is 9.50. The van der Waals surface area contributed by atoms with Crippen LogP contribution in [0.2, 0.25) is 0 Å². The fraction of sp³-hybridized carbons (Fsp3) is 0.433. The average Bonchev–Trinajstić information content (AvgIpc) is 2.86. The molecule has 0 aliphatic heterocycles. The molecule has 3 aliphatic carbocycles. The van der Waals surface area contributed by atoms with E-state index in [2.05, 4.69) is 0 Å². The number of hydrogen-bond donors (Lipinski definition) is 3. The zero-order valence-corrected chi connectivity index (χ0v) is 22.1. The molecule has 0 heterocycles. The number of aryl methyl sites for hydroxylation is 3. The van der Waals surface area contributed by atoms with Crippen LogP contribution in [-0.2, 0) is 38.4 Å². The van der Waals surface area contributed by atoms with E-state index in [4.69, 9.17) is 5.73 Å². The quantitative estimate of drug-likeness (QED) is 0.481. The first-order valence-corrected chi connectivity index (χ1v) is 13.1. The van der Waals surface area contributed by atoms with Gasteiger partial charge in [-0.15, -0.1) is 0 Å². The van der Waals surface area contributed by atoms with Crippen molar-refractivity contribution in [1.29, 1.82) is 0 Å². The Morgan fingerprint density at radius 3 is 2.31 bits per heavy atom. The first kappa shape index (κ1) is 26.9. The number of amides is 1. The van der Waals surface area contributed by atoms with Gasteiger partial charge in [0.1, 0.15) is 5.75 Å². The smallest absolute Gasteiger partial charge is 0.235 e. The normalized spacial score (nSPS) is 30.1. The molecule has 0 radical (unpaired) electrons. The van der Waals surface area contributed by atoms with Gasteiger partial charge in [0, 0.05) is 5.92 Å². The summed E-state index contributed by atoms with van der Waals surface area (Å²) in [6.45, 7) is 2.01. The van der Waals surface area contributed by atoms with Crippen LogP contribution < -0.4 is 5.73 Å². The van der Waals surface area contributed by atoms with Crippen LogP contribution in [0.15, 0.2) is 36.4 Å². The van der Waals surface area contributed by atoms with Gasteiger partial charge >= 0.3 is 0 Å². The number of carbonyl (C=O) groups is 5. The maximum Gasteiger partial charge on any atom is 0.235 e. The molecule has 2 aromatic rings. The summed E-state index contributed by atoms with van der Waals surface area (Å²) in [6, 6.07) is 10.2. The first-order valence-electron chi connectivity index (χ1n) is 13.1. The number of nitrogens with zero attached hydrogens (tertiary/aromatic N) is 1.